The minimum Gasteiger partial charge on any atom is -0.497 e. The van der Waals surface area contributed by atoms with Crippen molar-refractivity contribution >= 4 is 33.9 Å². The van der Waals surface area contributed by atoms with Crippen LogP contribution in [0.3, 0.4) is 0 Å². The summed E-state index contributed by atoms with van der Waals surface area (Å²) in [6.07, 6.45) is -5.21. The number of fused-ring (bicyclic) bond motifs is 4. The highest BCUT2D eigenvalue weighted by atomic mass is 32.1. The van der Waals surface area contributed by atoms with Gasteiger partial charge < -0.3 is 15.4 Å². The van der Waals surface area contributed by atoms with Gasteiger partial charge in [0.2, 0.25) is 0 Å². The third-order valence-electron chi connectivity index (χ3n) is 8.29. The van der Waals surface area contributed by atoms with Crippen LogP contribution in [0.4, 0.5) is 32.0 Å². The largest absolute Gasteiger partial charge is 0.497 e. The Bertz CT molecular complexity index is 1400. The summed E-state index contributed by atoms with van der Waals surface area (Å²) in [5, 5.41) is 6.61. The predicted molar refractivity (Wildman–Crippen MR) is 149 cm³/mol. The molecule has 3 unspecified atom stereocenters. The van der Waals surface area contributed by atoms with E-state index in [9.17, 15) is 26.3 Å². The SMILES string of the molecule is CC[C@H]1CN2CCC1CC2[C@@H](NC(=S)Nc1cc(C(F)(F)F)cc(C(F)(F)F)c1)c1ccnc2ccc(OC)cc12. The quantitative estimate of drug-likeness (QED) is 0.228. The van der Waals surface area contributed by atoms with Crippen LogP contribution < -0.4 is 15.4 Å². The van der Waals surface area contributed by atoms with Crippen LogP contribution in [-0.4, -0.2) is 41.2 Å². The summed E-state index contributed by atoms with van der Waals surface area (Å²) in [6.45, 7) is 4.00. The molecule has 0 amide bonds. The van der Waals surface area contributed by atoms with Crippen molar-refractivity contribution in [3.05, 3.63) is 65.4 Å². The van der Waals surface area contributed by atoms with E-state index < -0.39 is 35.2 Å². The Morgan fingerprint density at radius 1 is 1.07 bits per heavy atom. The zero-order chi connectivity index (χ0) is 29.5. The first-order valence-corrected chi connectivity index (χ1v) is 13.8. The van der Waals surface area contributed by atoms with Gasteiger partial charge in [-0.3, -0.25) is 9.88 Å². The minimum absolute atomic E-state index is 0.000321. The standard InChI is InChI=1S/C29H30F6N4OS/c1-3-16-15-39-9-7-17(16)10-25(39)26(22-6-8-36-24-5-4-21(40-2)14-23(22)24)38-27(41)37-20-12-18(28(30,31)32)11-19(13-20)29(33,34)35/h4-6,8,11-14,16-17,25-26H,3,7,9-10,15H2,1-2H3,(H2,37,38,41)/t16-,17?,25?,26-/m0/s1. The van der Waals surface area contributed by atoms with Gasteiger partial charge in [-0.05, 0) is 91.5 Å². The van der Waals surface area contributed by atoms with Crippen LogP contribution in [0.1, 0.15) is 48.9 Å². The summed E-state index contributed by atoms with van der Waals surface area (Å²) < 4.78 is 86.1. The number of pyridine rings is 1. The van der Waals surface area contributed by atoms with Crippen molar-refractivity contribution in [3.8, 4) is 5.75 Å². The molecule has 4 heterocycles. The van der Waals surface area contributed by atoms with Crippen LogP contribution in [0.25, 0.3) is 10.9 Å². The molecule has 3 aliphatic heterocycles. The fourth-order valence-corrected chi connectivity index (χ4v) is 6.50. The molecule has 0 radical (unpaired) electrons. The van der Waals surface area contributed by atoms with Crippen molar-refractivity contribution in [2.75, 3.05) is 25.5 Å². The number of piperidine rings is 3. The Kier molecular flexibility index (Phi) is 8.08. The van der Waals surface area contributed by atoms with Crippen molar-refractivity contribution in [1.82, 2.24) is 15.2 Å². The average Bonchev–Trinajstić information content (AvgIpc) is 2.94. The maximum Gasteiger partial charge on any atom is 0.416 e. The van der Waals surface area contributed by atoms with Crippen molar-refractivity contribution in [3.63, 3.8) is 0 Å². The second-order valence-electron chi connectivity index (χ2n) is 10.7. The summed E-state index contributed by atoms with van der Waals surface area (Å²) in [7, 11) is 1.56. The van der Waals surface area contributed by atoms with Crippen LogP contribution in [0.15, 0.2) is 48.7 Å². The number of hydrogen-bond acceptors (Lipinski definition) is 4. The van der Waals surface area contributed by atoms with Crippen LogP contribution in [0.5, 0.6) is 5.75 Å². The van der Waals surface area contributed by atoms with Crippen molar-refractivity contribution in [1.29, 1.82) is 0 Å². The predicted octanol–water partition coefficient (Wildman–Crippen LogP) is 7.43. The smallest absolute Gasteiger partial charge is 0.416 e. The number of hydrogen-bond donors (Lipinski definition) is 2. The fraction of sp³-hybridized carbons (Fsp3) is 0.448. The monoisotopic (exact) mass is 596 g/mol. The number of benzene rings is 2. The highest BCUT2D eigenvalue weighted by Gasteiger charge is 2.43. The number of halogens is 6. The number of ether oxygens (including phenoxy) is 1. The molecule has 2 N–H and O–H groups in total. The van der Waals surface area contributed by atoms with Gasteiger partial charge in [-0.15, -0.1) is 0 Å². The molecule has 3 aliphatic rings. The minimum atomic E-state index is -4.96. The zero-order valence-electron chi connectivity index (χ0n) is 22.4. The molecule has 12 heteroatoms. The molecular formula is C29H30F6N4OS. The number of methoxy groups -OCH3 is 1. The lowest BCUT2D eigenvalue weighted by atomic mass is 9.72. The zero-order valence-corrected chi connectivity index (χ0v) is 23.3. The van der Waals surface area contributed by atoms with E-state index in [2.05, 4.69) is 27.4 Å². The number of nitrogens with zero attached hydrogens (tertiary/aromatic N) is 2. The van der Waals surface area contributed by atoms with Crippen LogP contribution >= 0.6 is 12.2 Å². The topological polar surface area (TPSA) is 49.4 Å². The molecule has 220 valence electrons. The number of nitrogens with one attached hydrogen (secondary N) is 2. The Hall–Kier alpha value is -3.12. The normalized spacial score (nSPS) is 23.3. The Labute approximate surface area is 239 Å². The molecule has 2 aromatic carbocycles. The first kappa shape index (κ1) is 29.4. The van der Waals surface area contributed by atoms with Crippen LogP contribution in [0, 0.1) is 11.8 Å². The molecule has 2 bridgehead atoms. The van der Waals surface area contributed by atoms with Gasteiger partial charge in [0.1, 0.15) is 5.75 Å². The van der Waals surface area contributed by atoms with Crippen molar-refractivity contribution in [2.45, 2.75) is 50.6 Å². The van der Waals surface area contributed by atoms with Crippen LogP contribution in [0.2, 0.25) is 0 Å². The highest BCUT2D eigenvalue weighted by molar-refractivity contribution is 7.80. The first-order valence-electron chi connectivity index (χ1n) is 13.4. The molecule has 0 aliphatic carbocycles. The van der Waals surface area contributed by atoms with Gasteiger partial charge in [0, 0.05) is 29.9 Å². The highest BCUT2D eigenvalue weighted by Crippen LogP contribution is 2.43. The molecule has 3 aromatic rings. The van der Waals surface area contributed by atoms with Gasteiger partial charge in [0.15, 0.2) is 5.11 Å². The number of thiocarbonyl (C=S) groups is 1. The van der Waals surface area contributed by atoms with E-state index in [0.29, 0.717) is 29.7 Å². The van der Waals surface area contributed by atoms with E-state index in [-0.39, 0.29) is 17.2 Å². The van der Waals surface area contributed by atoms with E-state index in [1.165, 1.54) is 0 Å². The van der Waals surface area contributed by atoms with Crippen molar-refractivity contribution in [2.24, 2.45) is 11.8 Å². The van der Waals surface area contributed by atoms with Gasteiger partial charge in [-0.25, -0.2) is 0 Å². The molecule has 3 saturated heterocycles. The van der Waals surface area contributed by atoms with E-state index in [1.807, 2.05) is 18.2 Å². The fourth-order valence-electron chi connectivity index (χ4n) is 6.25. The summed E-state index contributed by atoms with van der Waals surface area (Å²) in [6, 6.07) is 8.32. The molecule has 0 spiro atoms. The lowest BCUT2D eigenvalue weighted by Crippen LogP contribution is -2.58. The molecular weight excluding hydrogens is 566 g/mol. The Balaban J connectivity index is 1.51. The number of rotatable bonds is 6. The van der Waals surface area contributed by atoms with Crippen molar-refractivity contribution < 1.29 is 31.1 Å². The molecule has 6 rings (SSSR count). The number of anilines is 1. The third-order valence-corrected chi connectivity index (χ3v) is 8.51. The number of aromatic nitrogens is 1. The van der Waals surface area contributed by atoms with Gasteiger partial charge in [0.05, 0.1) is 29.8 Å². The van der Waals surface area contributed by atoms with E-state index in [0.717, 1.165) is 48.8 Å². The third kappa shape index (κ3) is 6.23. The van der Waals surface area contributed by atoms with E-state index >= 15 is 0 Å². The summed E-state index contributed by atoms with van der Waals surface area (Å²) >= 11 is 5.51. The molecule has 1 aromatic heterocycles. The van der Waals surface area contributed by atoms with Gasteiger partial charge >= 0.3 is 12.4 Å². The maximum atomic E-state index is 13.4. The van der Waals surface area contributed by atoms with Gasteiger partial charge in [-0.2, -0.15) is 26.3 Å². The average molecular weight is 597 g/mol. The maximum absolute atomic E-state index is 13.4. The van der Waals surface area contributed by atoms with E-state index in [4.69, 9.17) is 17.0 Å². The Morgan fingerprint density at radius 2 is 1.78 bits per heavy atom. The molecule has 0 saturated carbocycles. The number of alkyl halides is 6. The lowest BCUT2D eigenvalue weighted by Gasteiger charge is -2.52. The Morgan fingerprint density at radius 3 is 2.37 bits per heavy atom. The molecule has 3 fully saturated rings. The summed E-state index contributed by atoms with van der Waals surface area (Å²) in [5.74, 6) is 1.72. The second-order valence-corrected chi connectivity index (χ2v) is 11.1. The van der Waals surface area contributed by atoms with Crippen LogP contribution in [-0.2, 0) is 12.4 Å². The molecule has 41 heavy (non-hydrogen) atoms. The van der Waals surface area contributed by atoms with Gasteiger partial charge in [0.25, 0.3) is 0 Å². The molecule has 5 atom stereocenters. The lowest BCUT2D eigenvalue weighted by molar-refractivity contribution is -0.143. The molecule has 5 nitrogen and oxygen atoms in total. The van der Waals surface area contributed by atoms with E-state index in [1.54, 1.807) is 19.4 Å². The first-order chi connectivity index (χ1) is 19.4. The van der Waals surface area contributed by atoms with Gasteiger partial charge in [-0.1, -0.05) is 13.3 Å². The second kappa shape index (κ2) is 11.3. The summed E-state index contributed by atoms with van der Waals surface area (Å²) in [5.41, 5.74) is -1.64. The summed E-state index contributed by atoms with van der Waals surface area (Å²) in [4.78, 5) is 6.88.